The van der Waals surface area contributed by atoms with Crippen LogP contribution in [0.2, 0.25) is 0 Å². The van der Waals surface area contributed by atoms with Gasteiger partial charge in [0.05, 0.1) is 34.5 Å². The van der Waals surface area contributed by atoms with E-state index in [0.717, 1.165) is 0 Å². The van der Waals surface area contributed by atoms with Gasteiger partial charge in [-0.3, -0.25) is 4.79 Å². The number of phenolic OH excluding ortho intramolecular Hbond substituents is 1. The lowest BCUT2D eigenvalue weighted by atomic mass is 9.99. The summed E-state index contributed by atoms with van der Waals surface area (Å²) in [5.74, 6) is -1.95. The molecule has 2 aliphatic heterocycles. The summed E-state index contributed by atoms with van der Waals surface area (Å²) in [5, 5.41) is 90.9. The van der Waals surface area contributed by atoms with E-state index in [0.29, 0.717) is 0 Å². The maximum atomic E-state index is 13.7. The van der Waals surface area contributed by atoms with Gasteiger partial charge < -0.3 is 83.5 Å². The smallest absolute Gasteiger partial charge is 0.239 e. The number of aliphatic hydroxyl groups is 8. The van der Waals surface area contributed by atoms with E-state index in [1.165, 1.54) is 45.6 Å². The largest absolute Gasteiger partial charge is 0.504 e. The second kappa shape index (κ2) is 14.3. The number of aromatic hydroxyl groups is 1. The van der Waals surface area contributed by atoms with E-state index < -0.39 is 96.9 Å². The van der Waals surface area contributed by atoms with E-state index in [-0.39, 0.29) is 39.9 Å². The van der Waals surface area contributed by atoms with E-state index in [2.05, 4.69) is 0 Å². The maximum absolute atomic E-state index is 13.7. The Morgan fingerprint density at radius 2 is 1.23 bits per heavy atom. The van der Waals surface area contributed by atoms with Gasteiger partial charge in [-0.05, 0) is 18.2 Å². The number of hydrogen-bond donors (Lipinski definition) is 9. The first kappa shape index (κ1) is 35.4. The molecule has 0 bridgehead atoms. The lowest BCUT2D eigenvalue weighted by Gasteiger charge is -2.39. The Kier molecular flexibility index (Phi) is 10.5. The lowest BCUT2D eigenvalue weighted by molar-refractivity contribution is -0.277. The standard InChI is InChI=1S/C30H36O18/c1-41-12-6-10(4-5-11(12)45-29-24(39)22(37)18(33)15(8-31)46-29)26-28(43-3)21(36)17-13(44-26)7-14(42-2)27(20(17)35)48-30-25(40)23(38)19(34)16(9-32)47-30/h4-7,15-16,18-19,22-25,29-35,37-40H,8-9H2,1-3H3. The number of methoxy groups -OCH3 is 3. The van der Waals surface area contributed by atoms with E-state index >= 15 is 0 Å². The quantitative estimate of drug-likeness (QED) is 0.107. The number of ether oxygens (including phenoxy) is 7. The fraction of sp³-hybridized carbons (Fsp3) is 0.500. The van der Waals surface area contributed by atoms with Gasteiger partial charge in [0.2, 0.25) is 29.5 Å². The van der Waals surface area contributed by atoms with Crippen molar-refractivity contribution in [1.82, 2.24) is 0 Å². The third kappa shape index (κ3) is 6.18. The highest BCUT2D eigenvalue weighted by molar-refractivity contribution is 5.91. The van der Waals surface area contributed by atoms with Crippen LogP contribution in [0, 0.1) is 0 Å². The molecule has 264 valence electrons. The number of rotatable bonds is 10. The van der Waals surface area contributed by atoms with Crippen molar-refractivity contribution in [2.45, 2.75) is 61.4 Å². The van der Waals surface area contributed by atoms with Crippen LogP contribution in [0.3, 0.4) is 0 Å². The molecule has 10 atom stereocenters. The highest BCUT2D eigenvalue weighted by Crippen LogP contribution is 2.46. The third-order valence-electron chi connectivity index (χ3n) is 8.06. The normalized spacial score (nSPS) is 30.6. The zero-order valence-electron chi connectivity index (χ0n) is 25.7. The minimum atomic E-state index is -1.83. The van der Waals surface area contributed by atoms with Crippen molar-refractivity contribution < 1.29 is 83.5 Å². The molecule has 5 rings (SSSR count). The van der Waals surface area contributed by atoms with Crippen LogP contribution in [0.5, 0.6) is 34.5 Å². The summed E-state index contributed by atoms with van der Waals surface area (Å²) in [4.78, 5) is 13.7. The molecule has 0 radical (unpaired) electrons. The van der Waals surface area contributed by atoms with Gasteiger partial charge in [-0.15, -0.1) is 0 Å². The minimum Gasteiger partial charge on any atom is -0.504 e. The van der Waals surface area contributed by atoms with Gasteiger partial charge in [0.1, 0.15) is 59.8 Å². The molecule has 2 fully saturated rings. The lowest BCUT2D eigenvalue weighted by Crippen LogP contribution is -2.60. The van der Waals surface area contributed by atoms with Crippen molar-refractivity contribution in [3.8, 4) is 45.8 Å². The molecule has 0 saturated carbocycles. The molecule has 2 aliphatic rings. The Balaban J connectivity index is 1.53. The van der Waals surface area contributed by atoms with E-state index in [4.69, 9.17) is 37.6 Å². The number of benzene rings is 2. The number of hydrogen-bond acceptors (Lipinski definition) is 18. The number of phenols is 1. The first-order valence-electron chi connectivity index (χ1n) is 14.5. The summed E-state index contributed by atoms with van der Waals surface area (Å²) >= 11 is 0. The van der Waals surface area contributed by atoms with Crippen molar-refractivity contribution in [3.63, 3.8) is 0 Å². The molecular weight excluding hydrogens is 648 g/mol. The molecule has 48 heavy (non-hydrogen) atoms. The Morgan fingerprint density at radius 3 is 1.75 bits per heavy atom. The van der Waals surface area contributed by atoms with E-state index in [9.17, 15) is 50.8 Å². The zero-order chi connectivity index (χ0) is 35.0. The molecule has 1 aromatic heterocycles. The van der Waals surface area contributed by atoms with Gasteiger partial charge in [-0.2, -0.15) is 0 Å². The minimum absolute atomic E-state index is 0.00183. The molecule has 2 saturated heterocycles. The van der Waals surface area contributed by atoms with Gasteiger partial charge in [0.25, 0.3) is 0 Å². The summed E-state index contributed by atoms with van der Waals surface area (Å²) in [6.07, 6.45) is -16.0. The van der Waals surface area contributed by atoms with Gasteiger partial charge in [-0.1, -0.05) is 0 Å². The van der Waals surface area contributed by atoms with Crippen LogP contribution in [0.1, 0.15) is 0 Å². The Morgan fingerprint density at radius 1 is 0.667 bits per heavy atom. The molecular formula is C30H36O18. The molecule has 0 aliphatic carbocycles. The van der Waals surface area contributed by atoms with Crippen LogP contribution < -0.4 is 29.1 Å². The molecule has 18 nitrogen and oxygen atoms in total. The van der Waals surface area contributed by atoms with Crippen molar-refractivity contribution >= 4 is 11.0 Å². The highest BCUT2D eigenvalue weighted by Gasteiger charge is 2.46. The SMILES string of the molecule is COc1cc(-c2oc3cc(OC)c(OC4OC(CO)C(O)C(O)C4O)c(O)c3c(=O)c2OC)ccc1OC1OC(CO)C(O)C(O)C1O. The van der Waals surface area contributed by atoms with Crippen LogP contribution >= 0.6 is 0 Å². The average Bonchev–Trinajstić information content (AvgIpc) is 3.09. The fourth-order valence-corrected chi connectivity index (χ4v) is 5.39. The molecule has 10 unspecified atom stereocenters. The van der Waals surface area contributed by atoms with Crippen molar-refractivity contribution in [1.29, 1.82) is 0 Å². The molecule has 0 spiro atoms. The Bertz CT molecular complexity index is 1660. The predicted molar refractivity (Wildman–Crippen MR) is 158 cm³/mol. The Labute approximate surface area is 271 Å². The summed E-state index contributed by atoms with van der Waals surface area (Å²) < 4.78 is 44.2. The first-order valence-corrected chi connectivity index (χ1v) is 14.5. The monoisotopic (exact) mass is 684 g/mol. The topological polar surface area (TPSA) is 277 Å². The van der Waals surface area contributed by atoms with Gasteiger partial charge >= 0.3 is 0 Å². The highest BCUT2D eigenvalue weighted by atomic mass is 16.7. The number of fused-ring (bicyclic) bond motifs is 1. The summed E-state index contributed by atoms with van der Waals surface area (Å²) in [6, 6.07) is 5.39. The van der Waals surface area contributed by atoms with Gasteiger partial charge in [-0.25, -0.2) is 0 Å². The van der Waals surface area contributed by atoms with Crippen LogP contribution in [-0.2, 0) is 9.47 Å². The summed E-state index contributed by atoms with van der Waals surface area (Å²) in [5.41, 5.74) is -0.857. The van der Waals surface area contributed by atoms with Crippen molar-refractivity contribution in [2.24, 2.45) is 0 Å². The number of aliphatic hydroxyl groups excluding tert-OH is 8. The van der Waals surface area contributed by atoms with Crippen LogP contribution in [0.25, 0.3) is 22.3 Å². The molecule has 3 aromatic rings. The van der Waals surface area contributed by atoms with Crippen LogP contribution in [0.15, 0.2) is 33.5 Å². The molecule has 0 amide bonds. The molecule has 9 N–H and O–H groups in total. The zero-order valence-corrected chi connectivity index (χ0v) is 25.7. The molecule has 18 heteroatoms. The van der Waals surface area contributed by atoms with Crippen molar-refractivity contribution in [2.75, 3.05) is 34.5 Å². The summed E-state index contributed by atoms with van der Waals surface area (Å²) in [7, 11) is 3.69. The maximum Gasteiger partial charge on any atom is 0.239 e. The van der Waals surface area contributed by atoms with Crippen molar-refractivity contribution in [3.05, 3.63) is 34.5 Å². The average molecular weight is 685 g/mol. The second-order valence-electron chi connectivity index (χ2n) is 10.9. The van der Waals surface area contributed by atoms with Gasteiger partial charge in [0.15, 0.2) is 28.8 Å². The Hall–Kier alpha value is -3.95. The van der Waals surface area contributed by atoms with Crippen LogP contribution in [0.4, 0.5) is 0 Å². The predicted octanol–water partition coefficient (Wildman–Crippen LogP) is -2.45. The second-order valence-corrected chi connectivity index (χ2v) is 10.9. The van der Waals surface area contributed by atoms with Gasteiger partial charge in [0, 0.05) is 11.6 Å². The fourth-order valence-electron chi connectivity index (χ4n) is 5.39. The third-order valence-corrected chi connectivity index (χ3v) is 8.06. The summed E-state index contributed by atoms with van der Waals surface area (Å²) in [6.45, 7) is -1.40. The molecule has 3 heterocycles. The van der Waals surface area contributed by atoms with E-state index in [1.54, 1.807) is 0 Å². The molecule has 2 aromatic carbocycles. The van der Waals surface area contributed by atoms with Crippen LogP contribution in [-0.4, -0.2) is 142 Å². The van der Waals surface area contributed by atoms with E-state index in [1.807, 2.05) is 0 Å². The first-order chi connectivity index (χ1) is 22.9.